The molecule has 1 atom stereocenters. The number of aromatic nitrogens is 2. The second-order valence-electron chi connectivity index (χ2n) is 6.21. The maximum absolute atomic E-state index is 12.1. The van der Waals surface area contributed by atoms with Crippen molar-refractivity contribution in [1.82, 2.24) is 9.78 Å². The zero-order chi connectivity index (χ0) is 15.5. The maximum Gasteiger partial charge on any atom is 0.268 e. The van der Waals surface area contributed by atoms with E-state index in [1.807, 2.05) is 20.8 Å². The predicted molar refractivity (Wildman–Crippen MR) is 81.7 cm³/mol. The van der Waals surface area contributed by atoms with Crippen LogP contribution in [0.3, 0.4) is 0 Å². The Morgan fingerprint density at radius 2 is 2.29 bits per heavy atom. The lowest BCUT2D eigenvalue weighted by Crippen LogP contribution is -2.48. The largest absolute Gasteiger partial charge is 0.391 e. The molecule has 1 fully saturated rings. The third-order valence-corrected chi connectivity index (χ3v) is 3.65. The van der Waals surface area contributed by atoms with E-state index in [0.29, 0.717) is 13.0 Å². The Balaban J connectivity index is 2.10. The monoisotopic (exact) mass is 295 g/mol. The van der Waals surface area contributed by atoms with E-state index < -0.39 is 6.10 Å². The zero-order valence-corrected chi connectivity index (χ0v) is 13.1. The molecule has 0 aromatic carbocycles. The summed E-state index contributed by atoms with van der Waals surface area (Å²) in [7, 11) is 0. The van der Waals surface area contributed by atoms with Crippen molar-refractivity contribution in [2.75, 3.05) is 24.6 Å². The van der Waals surface area contributed by atoms with Crippen LogP contribution < -0.4 is 10.5 Å². The minimum absolute atomic E-state index is 0.174. The van der Waals surface area contributed by atoms with Crippen LogP contribution >= 0.6 is 0 Å². The van der Waals surface area contributed by atoms with E-state index in [4.69, 9.17) is 4.74 Å². The van der Waals surface area contributed by atoms with Crippen LogP contribution in [0.1, 0.15) is 33.6 Å². The molecule has 1 aromatic rings. The molecule has 0 aliphatic carbocycles. The van der Waals surface area contributed by atoms with E-state index in [1.54, 1.807) is 12.3 Å². The molecule has 0 radical (unpaired) electrons. The highest BCUT2D eigenvalue weighted by molar-refractivity contribution is 5.43. The van der Waals surface area contributed by atoms with Crippen LogP contribution in [0.5, 0.6) is 0 Å². The number of anilines is 1. The number of aliphatic hydroxyl groups excluding tert-OH is 1. The molecule has 1 N–H and O–H groups in total. The molecule has 118 valence electrons. The first-order valence-corrected chi connectivity index (χ1v) is 7.55. The van der Waals surface area contributed by atoms with Gasteiger partial charge in [0.05, 0.1) is 36.7 Å². The van der Waals surface area contributed by atoms with Gasteiger partial charge >= 0.3 is 0 Å². The van der Waals surface area contributed by atoms with Gasteiger partial charge in [-0.3, -0.25) is 4.79 Å². The van der Waals surface area contributed by atoms with Crippen LogP contribution in [-0.2, 0) is 11.3 Å². The van der Waals surface area contributed by atoms with E-state index >= 15 is 0 Å². The Bertz CT molecular complexity index is 527. The maximum atomic E-state index is 12.1. The summed E-state index contributed by atoms with van der Waals surface area (Å²) in [6.07, 6.45) is 2.74. The molecule has 0 saturated carbocycles. The summed E-state index contributed by atoms with van der Waals surface area (Å²) in [4.78, 5) is 14.2. The van der Waals surface area contributed by atoms with Crippen LogP contribution in [0.25, 0.3) is 0 Å². The van der Waals surface area contributed by atoms with Crippen molar-refractivity contribution in [2.24, 2.45) is 0 Å². The van der Waals surface area contributed by atoms with Crippen LogP contribution in [0.4, 0.5) is 5.69 Å². The van der Waals surface area contributed by atoms with Crippen LogP contribution in [-0.4, -0.2) is 46.3 Å². The van der Waals surface area contributed by atoms with Gasteiger partial charge in [-0.1, -0.05) is 13.3 Å². The standard InChI is InChI=1S/C15H25N3O3/c1-4-5-13(19)10-18-14(20)8-12(9-16-18)17-6-7-21-15(2,3)11-17/h8-9,13,19H,4-7,10-11H2,1-3H3. The summed E-state index contributed by atoms with van der Waals surface area (Å²) in [5.74, 6) is 0. The van der Waals surface area contributed by atoms with Crippen LogP contribution in [0.2, 0.25) is 0 Å². The molecule has 2 heterocycles. The highest BCUT2D eigenvalue weighted by Gasteiger charge is 2.27. The number of ether oxygens (including phenoxy) is 1. The van der Waals surface area contributed by atoms with Gasteiger partial charge in [-0.15, -0.1) is 0 Å². The van der Waals surface area contributed by atoms with Gasteiger partial charge in [0.1, 0.15) is 0 Å². The van der Waals surface area contributed by atoms with Gasteiger partial charge in [0.15, 0.2) is 0 Å². The molecule has 1 unspecified atom stereocenters. The smallest absolute Gasteiger partial charge is 0.268 e. The molecule has 2 rings (SSSR count). The third-order valence-electron chi connectivity index (χ3n) is 3.65. The first kappa shape index (κ1) is 16.0. The molecule has 6 nitrogen and oxygen atoms in total. The molecule has 1 saturated heterocycles. The first-order valence-electron chi connectivity index (χ1n) is 7.55. The normalized spacial score (nSPS) is 19.5. The summed E-state index contributed by atoms with van der Waals surface area (Å²) in [6, 6.07) is 1.59. The van der Waals surface area contributed by atoms with Crippen LogP contribution in [0.15, 0.2) is 17.1 Å². The van der Waals surface area contributed by atoms with Crippen molar-refractivity contribution in [3.05, 3.63) is 22.6 Å². The quantitative estimate of drug-likeness (QED) is 0.878. The number of hydrogen-bond acceptors (Lipinski definition) is 5. The zero-order valence-electron chi connectivity index (χ0n) is 13.1. The predicted octanol–water partition coefficient (Wildman–Crippen LogP) is 1.02. The second-order valence-corrected chi connectivity index (χ2v) is 6.21. The molecule has 21 heavy (non-hydrogen) atoms. The van der Waals surface area contributed by atoms with Crippen molar-refractivity contribution in [3.8, 4) is 0 Å². The van der Waals surface area contributed by atoms with Gasteiger partial charge < -0.3 is 14.7 Å². The van der Waals surface area contributed by atoms with Gasteiger partial charge in [-0.2, -0.15) is 5.10 Å². The van der Waals surface area contributed by atoms with Crippen molar-refractivity contribution < 1.29 is 9.84 Å². The summed E-state index contributed by atoms with van der Waals surface area (Å²) < 4.78 is 7.00. The number of hydrogen-bond donors (Lipinski definition) is 1. The fourth-order valence-electron chi connectivity index (χ4n) is 2.60. The second kappa shape index (κ2) is 6.58. The van der Waals surface area contributed by atoms with E-state index in [9.17, 15) is 9.90 Å². The van der Waals surface area contributed by atoms with E-state index in [1.165, 1.54) is 4.68 Å². The van der Waals surface area contributed by atoms with Gasteiger partial charge in [0.25, 0.3) is 5.56 Å². The highest BCUT2D eigenvalue weighted by Crippen LogP contribution is 2.21. The van der Waals surface area contributed by atoms with Crippen molar-refractivity contribution >= 4 is 5.69 Å². The van der Waals surface area contributed by atoms with Gasteiger partial charge in [-0.05, 0) is 20.3 Å². The first-order chi connectivity index (χ1) is 9.91. The molecule has 6 heteroatoms. The van der Waals surface area contributed by atoms with Gasteiger partial charge in [0, 0.05) is 19.2 Å². The number of rotatable bonds is 5. The molecule has 0 amide bonds. The number of aliphatic hydroxyl groups is 1. The summed E-state index contributed by atoms with van der Waals surface area (Å²) >= 11 is 0. The molecule has 0 bridgehead atoms. The summed E-state index contributed by atoms with van der Waals surface area (Å²) in [5, 5.41) is 14.0. The minimum Gasteiger partial charge on any atom is -0.391 e. The Labute approximate surface area is 125 Å². The molecular weight excluding hydrogens is 270 g/mol. The molecule has 1 aromatic heterocycles. The summed E-state index contributed by atoms with van der Waals surface area (Å²) in [5.41, 5.74) is 0.425. The Hall–Kier alpha value is -1.40. The van der Waals surface area contributed by atoms with E-state index in [-0.39, 0.29) is 17.7 Å². The fraction of sp³-hybridized carbons (Fsp3) is 0.733. The lowest BCUT2D eigenvalue weighted by molar-refractivity contribution is -0.0277. The number of nitrogens with zero attached hydrogens (tertiary/aromatic N) is 3. The fourth-order valence-corrected chi connectivity index (χ4v) is 2.60. The van der Waals surface area contributed by atoms with Gasteiger partial charge in [0.2, 0.25) is 0 Å². The number of morpholine rings is 1. The SMILES string of the molecule is CCCC(O)Cn1ncc(N2CCOC(C)(C)C2)cc1=O. The Morgan fingerprint density at radius 1 is 1.52 bits per heavy atom. The summed E-state index contributed by atoms with van der Waals surface area (Å²) in [6.45, 7) is 8.46. The van der Waals surface area contributed by atoms with Crippen molar-refractivity contribution in [3.63, 3.8) is 0 Å². The average Bonchev–Trinajstić information content (AvgIpc) is 2.40. The Morgan fingerprint density at radius 3 is 2.90 bits per heavy atom. The lowest BCUT2D eigenvalue weighted by atomic mass is 10.1. The van der Waals surface area contributed by atoms with E-state index in [2.05, 4.69) is 10.00 Å². The Kier molecular flexibility index (Phi) is 5.00. The van der Waals surface area contributed by atoms with E-state index in [0.717, 1.165) is 25.2 Å². The lowest BCUT2D eigenvalue weighted by Gasteiger charge is -2.39. The topological polar surface area (TPSA) is 67.6 Å². The van der Waals surface area contributed by atoms with Crippen molar-refractivity contribution in [1.29, 1.82) is 0 Å². The molecule has 1 aliphatic heterocycles. The minimum atomic E-state index is -0.520. The average molecular weight is 295 g/mol. The van der Waals surface area contributed by atoms with Crippen molar-refractivity contribution in [2.45, 2.75) is 51.9 Å². The molecular formula is C15H25N3O3. The molecule has 0 spiro atoms. The van der Waals surface area contributed by atoms with Crippen LogP contribution in [0, 0.1) is 0 Å². The third kappa shape index (κ3) is 4.28. The highest BCUT2D eigenvalue weighted by atomic mass is 16.5. The molecule has 1 aliphatic rings. The van der Waals surface area contributed by atoms with Gasteiger partial charge in [-0.25, -0.2) is 4.68 Å².